The molecule has 1 heterocycles. The summed E-state index contributed by atoms with van der Waals surface area (Å²) >= 11 is 5.86. The zero-order valence-corrected chi connectivity index (χ0v) is 14.2. The monoisotopic (exact) mass is 335 g/mol. The van der Waals surface area contributed by atoms with Crippen molar-refractivity contribution in [3.8, 4) is 11.5 Å². The number of hydrogen-bond donors (Lipinski definition) is 2. The first-order chi connectivity index (χ1) is 11.0. The number of nitrogens with one attached hydrogen (secondary N) is 1. The van der Waals surface area contributed by atoms with Gasteiger partial charge in [-0.2, -0.15) is 0 Å². The minimum Gasteiger partial charge on any atom is -0.444 e. The summed E-state index contributed by atoms with van der Waals surface area (Å²) in [4.78, 5) is 16.6. The second-order valence-corrected chi connectivity index (χ2v) is 6.00. The fraction of sp³-hybridized carbons (Fsp3) is 0.412. The van der Waals surface area contributed by atoms with Crippen LogP contribution in [0.25, 0.3) is 11.5 Å². The first-order valence-electron chi connectivity index (χ1n) is 7.73. The third kappa shape index (κ3) is 4.33. The Balaban J connectivity index is 2.04. The summed E-state index contributed by atoms with van der Waals surface area (Å²) in [7, 11) is 0. The molecule has 0 saturated carbocycles. The molecular weight excluding hydrogens is 314 g/mol. The molecule has 124 valence electrons. The van der Waals surface area contributed by atoms with Gasteiger partial charge >= 0.3 is 0 Å². The summed E-state index contributed by atoms with van der Waals surface area (Å²) in [5, 5.41) is 3.67. The van der Waals surface area contributed by atoms with Crippen molar-refractivity contribution < 1.29 is 9.21 Å². The van der Waals surface area contributed by atoms with Crippen LogP contribution in [-0.4, -0.2) is 23.0 Å². The number of nitrogens with zero attached hydrogens (tertiary/aromatic N) is 1. The van der Waals surface area contributed by atoms with Gasteiger partial charge in [-0.1, -0.05) is 25.4 Å². The van der Waals surface area contributed by atoms with Crippen molar-refractivity contribution in [3.05, 3.63) is 41.2 Å². The highest BCUT2D eigenvalue weighted by molar-refractivity contribution is 6.30. The highest BCUT2D eigenvalue weighted by atomic mass is 35.5. The number of rotatable bonds is 7. The summed E-state index contributed by atoms with van der Waals surface area (Å²) in [6.45, 7) is 4.46. The fourth-order valence-corrected chi connectivity index (χ4v) is 2.51. The van der Waals surface area contributed by atoms with Gasteiger partial charge in [0.2, 0.25) is 11.8 Å². The quantitative estimate of drug-likeness (QED) is 0.814. The SMILES string of the molecule is CCC(CC)(CN)NC(=O)Cc1coc(-c2ccc(Cl)cc2)n1. The first kappa shape index (κ1) is 17.5. The fourth-order valence-electron chi connectivity index (χ4n) is 2.38. The largest absolute Gasteiger partial charge is 0.444 e. The summed E-state index contributed by atoms with van der Waals surface area (Å²) < 4.78 is 5.44. The molecule has 0 aliphatic carbocycles. The number of carbonyl (C=O) groups is 1. The van der Waals surface area contributed by atoms with Crippen molar-refractivity contribution in [1.29, 1.82) is 0 Å². The summed E-state index contributed by atoms with van der Waals surface area (Å²) in [6.07, 6.45) is 3.26. The summed E-state index contributed by atoms with van der Waals surface area (Å²) in [6, 6.07) is 7.19. The average molecular weight is 336 g/mol. The molecule has 0 aliphatic heterocycles. The third-order valence-corrected chi connectivity index (χ3v) is 4.39. The minimum absolute atomic E-state index is 0.102. The van der Waals surface area contributed by atoms with Gasteiger partial charge in [-0.05, 0) is 37.1 Å². The van der Waals surface area contributed by atoms with Crippen LogP contribution in [0.15, 0.2) is 34.9 Å². The Morgan fingerprint density at radius 2 is 1.96 bits per heavy atom. The number of amides is 1. The average Bonchev–Trinajstić information content (AvgIpc) is 3.02. The van der Waals surface area contributed by atoms with E-state index in [4.69, 9.17) is 21.8 Å². The Morgan fingerprint density at radius 1 is 1.30 bits per heavy atom. The van der Waals surface area contributed by atoms with E-state index in [0.717, 1.165) is 18.4 Å². The molecule has 3 N–H and O–H groups in total. The lowest BCUT2D eigenvalue weighted by Gasteiger charge is -2.31. The van der Waals surface area contributed by atoms with E-state index in [1.807, 2.05) is 26.0 Å². The van der Waals surface area contributed by atoms with Crippen LogP contribution in [0, 0.1) is 0 Å². The molecule has 0 radical (unpaired) electrons. The number of nitrogens with two attached hydrogens (primary N) is 1. The maximum Gasteiger partial charge on any atom is 0.226 e. The predicted molar refractivity (Wildman–Crippen MR) is 91.2 cm³/mol. The van der Waals surface area contributed by atoms with Crippen molar-refractivity contribution in [2.75, 3.05) is 6.54 Å². The smallest absolute Gasteiger partial charge is 0.226 e. The molecule has 0 unspecified atom stereocenters. The maximum absolute atomic E-state index is 12.2. The Labute approximate surface area is 141 Å². The van der Waals surface area contributed by atoms with Crippen molar-refractivity contribution in [3.63, 3.8) is 0 Å². The molecule has 2 aromatic rings. The molecule has 23 heavy (non-hydrogen) atoms. The third-order valence-electron chi connectivity index (χ3n) is 4.13. The zero-order chi connectivity index (χ0) is 16.9. The van der Waals surface area contributed by atoms with E-state index in [-0.39, 0.29) is 17.9 Å². The topological polar surface area (TPSA) is 81.1 Å². The van der Waals surface area contributed by atoms with Gasteiger partial charge in [0.15, 0.2) is 0 Å². The molecule has 0 aliphatic rings. The van der Waals surface area contributed by atoms with Crippen molar-refractivity contribution in [1.82, 2.24) is 10.3 Å². The molecule has 0 fully saturated rings. The Morgan fingerprint density at radius 3 is 2.52 bits per heavy atom. The van der Waals surface area contributed by atoms with Crippen LogP contribution in [0.3, 0.4) is 0 Å². The number of benzene rings is 1. The lowest BCUT2D eigenvalue weighted by Crippen LogP contribution is -2.53. The van der Waals surface area contributed by atoms with E-state index in [0.29, 0.717) is 23.2 Å². The second-order valence-electron chi connectivity index (χ2n) is 5.57. The van der Waals surface area contributed by atoms with Gasteiger partial charge in [0, 0.05) is 17.1 Å². The van der Waals surface area contributed by atoms with E-state index in [9.17, 15) is 4.79 Å². The summed E-state index contributed by atoms with van der Waals surface area (Å²) in [5.41, 5.74) is 6.86. The first-order valence-corrected chi connectivity index (χ1v) is 8.11. The van der Waals surface area contributed by atoms with Crippen LogP contribution in [0.5, 0.6) is 0 Å². The molecule has 2 rings (SSSR count). The van der Waals surface area contributed by atoms with Crippen LogP contribution >= 0.6 is 11.6 Å². The molecule has 0 atom stereocenters. The molecule has 5 nitrogen and oxygen atoms in total. The van der Waals surface area contributed by atoms with E-state index >= 15 is 0 Å². The van der Waals surface area contributed by atoms with Gasteiger partial charge in [0.25, 0.3) is 0 Å². The Hall–Kier alpha value is -1.85. The van der Waals surface area contributed by atoms with Gasteiger partial charge in [-0.25, -0.2) is 4.98 Å². The van der Waals surface area contributed by atoms with Gasteiger partial charge in [-0.15, -0.1) is 0 Å². The highest BCUT2D eigenvalue weighted by Gasteiger charge is 2.26. The Bertz CT molecular complexity index is 640. The second kappa shape index (κ2) is 7.62. The van der Waals surface area contributed by atoms with Crippen LogP contribution in [-0.2, 0) is 11.2 Å². The molecule has 1 aromatic carbocycles. The van der Waals surface area contributed by atoms with E-state index < -0.39 is 0 Å². The van der Waals surface area contributed by atoms with E-state index in [1.165, 1.54) is 6.26 Å². The molecule has 0 spiro atoms. The maximum atomic E-state index is 12.2. The summed E-state index contributed by atoms with van der Waals surface area (Å²) in [5.74, 6) is 0.371. The van der Waals surface area contributed by atoms with Gasteiger partial charge in [0.05, 0.1) is 17.7 Å². The molecule has 6 heteroatoms. The van der Waals surface area contributed by atoms with Crippen molar-refractivity contribution in [2.45, 2.75) is 38.6 Å². The van der Waals surface area contributed by atoms with Crippen LogP contribution in [0.1, 0.15) is 32.4 Å². The van der Waals surface area contributed by atoms with Crippen molar-refractivity contribution in [2.24, 2.45) is 5.73 Å². The molecule has 1 amide bonds. The predicted octanol–water partition coefficient (Wildman–Crippen LogP) is 3.17. The van der Waals surface area contributed by atoms with Gasteiger partial charge < -0.3 is 15.5 Å². The minimum atomic E-state index is -0.347. The van der Waals surface area contributed by atoms with Gasteiger partial charge in [0.1, 0.15) is 6.26 Å². The number of hydrogen-bond acceptors (Lipinski definition) is 4. The molecule has 0 bridgehead atoms. The molecular formula is C17H22ClN3O2. The number of aromatic nitrogens is 1. The lowest BCUT2D eigenvalue weighted by molar-refractivity contribution is -0.122. The highest BCUT2D eigenvalue weighted by Crippen LogP contribution is 2.21. The zero-order valence-electron chi connectivity index (χ0n) is 13.4. The van der Waals surface area contributed by atoms with Crippen LogP contribution in [0.2, 0.25) is 5.02 Å². The van der Waals surface area contributed by atoms with Gasteiger partial charge in [-0.3, -0.25) is 4.79 Å². The van der Waals surface area contributed by atoms with E-state index in [2.05, 4.69) is 10.3 Å². The van der Waals surface area contributed by atoms with Crippen LogP contribution in [0.4, 0.5) is 0 Å². The van der Waals surface area contributed by atoms with Crippen LogP contribution < -0.4 is 11.1 Å². The van der Waals surface area contributed by atoms with E-state index in [1.54, 1.807) is 12.1 Å². The molecule has 0 saturated heterocycles. The number of oxazole rings is 1. The Kier molecular flexibility index (Phi) is 5.80. The molecule has 1 aromatic heterocycles. The number of carbonyl (C=O) groups excluding carboxylic acids is 1. The standard InChI is InChI=1S/C17H22ClN3O2/c1-3-17(4-2,11-19)21-15(22)9-14-10-23-16(20-14)12-5-7-13(18)8-6-12/h5-8,10H,3-4,9,11,19H2,1-2H3,(H,21,22). The van der Waals surface area contributed by atoms with Crippen molar-refractivity contribution >= 4 is 17.5 Å². The lowest BCUT2D eigenvalue weighted by atomic mass is 9.92. The number of halogens is 1. The normalized spacial score (nSPS) is 11.5.